The second kappa shape index (κ2) is 7.20. The van der Waals surface area contributed by atoms with Gasteiger partial charge in [-0.3, -0.25) is 4.90 Å². The zero-order valence-electron chi connectivity index (χ0n) is 12.5. The summed E-state index contributed by atoms with van der Waals surface area (Å²) in [6.45, 7) is 5.41. The van der Waals surface area contributed by atoms with Gasteiger partial charge in [-0.2, -0.15) is 0 Å². The van der Waals surface area contributed by atoms with Crippen molar-refractivity contribution in [1.82, 2.24) is 4.90 Å². The van der Waals surface area contributed by atoms with Gasteiger partial charge in [-0.05, 0) is 57.0 Å². The molecule has 1 heterocycles. The molecule has 1 fully saturated rings. The minimum Gasteiger partial charge on any atom is -0.492 e. The molecular formula is C16H24N2O2S. The second-order valence-electron chi connectivity index (χ2n) is 5.93. The molecule has 21 heavy (non-hydrogen) atoms. The molecule has 3 N–H and O–H groups in total. The van der Waals surface area contributed by atoms with Crippen LogP contribution in [0.5, 0.6) is 5.75 Å². The normalized spacial score (nSPS) is 23.5. The van der Waals surface area contributed by atoms with Crippen molar-refractivity contribution in [1.29, 1.82) is 0 Å². The molecule has 0 aromatic heterocycles. The quantitative estimate of drug-likeness (QED) is 0.814. The standard InChI is InChI=1S/C16H24N2O2S/c1-16(19)7-2-9-18(10-8-16)11-12-20-14-5-3-13(4-6-14)15(17)21/h3-6,19H,2,7-12H2,1H3,(H2,17,21). The molecule has 1 aliphatic rings. The monoisotopic (exact) mass is 308 g/mol. The molecule has 1 aromatic carbocycles. The van der Waals surface area contributed by atoms with E-state index in [0.717, 1.165) is 50.2 Å². The van der Waals surface area contributed by atoms with E-state index in [0.29, 0.717) is 11.6 Å². The van der Waals surface area contributed by atoms with Crippen LogP contribution in [0, 0.1) is 0 Å². The predicted molar refractivity (Wildman–Crippen MR) is 88.7 cm³/mol. The van der Waals surface area contributed by atoms with Crippen molar-refractivity contribution in [3.05, 3.63) is 29.8 Å². The maximum absolute atomic E-state index is 10.1. The number of ether oxygens (including phenoxy) is 1. The Balaban J connectivity index is 1.75. The SMILES string of the molecule is CC1(O)CCCN(CCOc2ccc(C(N)=S)cc2)CC1. The van der Waals surface area contributed by atoms with Gasteiger partial charge in [0.1, 0.15) is 17.3 Å². The van der Waals surface area contributed by atoms with E-state index >= 15 is 0 Å². The van der Waals surface area contributed by atoms with Crippen LogP contribution in [-0.2, 0) is 0 Å². The highest BCUT2D eigenvalue weighted by Gasteiger charge is 2.24. The smallest absolute Gasteiger partial charge is 0.119 e. The van der Waals surface area contributed by atoms with Gasteiger partial charge in [0, 0.05) is 18.7 Å². The van der Waals surface area contributed by atoms with Gasteiger partial charge in [0.2, 0.25) is 0 Å². The average molecular weight is 308 g/mol. The fourth-order valence-electron chi connectivity index (χ4n) is 2.55. The van der Waals surface area contributed by atoms with Crippen LogP contribution in [0.3, 0.4) is 0 Å². The van der Waals surface area contributed by atoms with E-state index in [2.05, 4.69) is 4.90 Å². The van der Waals surface area contributed by atoms with Crippen LogP contribution in [0.25, 0.3) is 0 Å². The van der Waals surface area contributed by atoms with Crippen LogP contribution >= 0.6 is 12.2 Å². The Bertz CT molecular complexity index is 474. The molecule has 4 nitrogen and oxygen atoms in total. The van der Waals surface area contributed by atoms with E-state index in [1.54, 1.807) is 0 Å². The van der Waals surface area contributed by atoms with Gasteiger partial charge >= 0.3 is 0 Å². The number of rotatable bonds is 5. The van der Waals surface area contributed by atoms with Crippen molar-refractivity contribution in [3.8, 4) is 5.75 Å². The summed E-state index contributed by atoms with van der Waals surface area (Å²) in [6, 6.07) is 7.53. The molecule has 1 unspecified atom stereocenters. The van der Waals surface area contributed by atoms with Crippen LogP contribution in [0.15, 0.2) is 24.3 Å². The molecular weight excluding hydrogens is 284 g/mol. The number of benzene rings is 1. The number of likely N-dealkylation sites (tertiary alicyclic amines) is 1. The lowest BCUT2D eigenvalue weighted by molar-refractivity contribution is 0.0442. The topological polar surface area (TPSA) is 58.7 Å². The molecule has 0 saturated carbocycles. The first-order valence-electron chi connectivity index (χ1n) is 7.44. The van der Waals surface area contributed by atoms with E-state index in [-0.39, 0.29) is 0 Å². The van der Waals surface area contributed by atoms with E-state index in [1.807, 2.05) is 31.2 Å². The van der Waals surface area contributed by atoms with E-state index in [4.69, 9.17) is 22.7 Å². The molecule has 0 radical (unpaired) electrons. The summed E-state index contributed by atoms with van der Waals surface area (Å²) < 4.78 is 5.75. The van der Waals surface area contributed by atoms with Crippen LogP contribution in [0.2, 0.25) is 0 Å². The third-order valence-electron chi connectivity index (χ3n) is 3.97. The first-order valence-corrected chi connectivity index (χ1v) is 7.84. The van der Waals surface area contributed by atoms with Gasteiger partial charge < -0.3 is 15.6 Å². The van der Waals surface area contributed by atoms with E-state index in [9.17, 15) is 5.11 Å². The molecule has 0 bridgehead atoms. The summed E-state index contributed by atoms with van der Waals surface area (Å²) in [6.07, 6.45) is 2.75. The van der Waals surface area contributed by atoms with Crippen molar-refractivity contribution < 1.29 is 9.84 Å². The van der Waals surface area contributed by atoms with Crippen LogP contribution < -0.4 is 10.5 Å². The number of hydrogen-bond acceptors (Lipinski definition) is 4. The Morgan fingerprint density at radius 3 is 2.71 bits per heavy atom. The van der Waals surface area contributed by atoms with E-state index < -0.39 is 5.60 Å². The summed E-state index contributed by atoms with van der Waals surface area (Å²) in [5, 5.41) is 10.1. The third-order valence-corrected chi connectivity index (χ3v) is 4.21. The first kappa shape index (κ1) is 16.2. The van der Waals surface area contributed by atoms with Crippen molar-refractivity contribution in [2.24, 2.45) is 5.73 Å². The molecule has 1 saturated heterocycles. The molecule has 116 valence electrons. The highest BCUT2D eigenvalue weighted by atomic mass is 32.1. The third kappa shape index (κ3) is 5.26. The fourth-order valence-corrected chi connectivity index (χ4v) is 2.69. The summed E-state index contributed by atoms with van der Waals surface area (Å²) in [5.74, 6) is 0.830. The minimum absolute atomic E-state index is 0.401. The van der Waals surface area contributed by atoms with Crippen molar-refractivity contribution in [2.45, 2.75) is 31.8 Å². The Kier molecular flexibility index (Phi) is 5.56. The van der Waals surface area contributed by atoms with Crippen molar-refractivity contribution in [3.63, 3.8) is 0 Å². The number of aliphatic hydroxyl groups is 1. The van der Waals surface area contributed by atoms with Gasteiger partial charge in [-0.25, -0.2) is 0 Å². The van der Waals surface area contributed by atoms with Crippen molar-refractivity contribution >= 4 is 17.2 Å². The molecule has 1 atom stereocenters. The largest absolute Gasteiger partial charge is 0.492 e. The Hall–Kier alpha value is -1.17. The number of thiocarbonyl (C=S) groups is 1. The summed E-state index contributed by atoms with van der Waals surface area (Å²) in [7, 11) is 0. The fraction of sp³-hybridized carbons (Fsp3) is 0.562. The average Bonchev–Trinajstić information content (AvgIpc) is 2.61. The van der Waals surface area contributed by atoms with Crippen LogP contribution in [-0.4, -0.2) is 46.8 Å². The first-order chi connectivity index (χ1) is 9.96. The molecule has 5 heteroatoms. The van der Waals surface area contributed by atoms with Gasteiger partial charge in [-0.15, -0.1) is 0 Å². The lowest BCUT2D eigenvalue weighted by atomic mass is 9.98. The molecule has 0 aliphatic carbocycles. The molecule has 0 amide bonds. The number of hydrogen-bond donors (Lipinski definition) is 2. The Labute approximate surface area is 131 Å². The molecule has 1 aliphatic heterocycles. The lowest BCUT2D eigenvalue weighted by Crippen LogP contribution is -2.31. The Morgan fingerprint density at radius 2 is 2.05 bits per heavy atom. The summed E-state index contributed by atoms with van der Waals surface area (Å²) >= 11 is 4.92. The van der Waals surface area contributed by atoms with Gasteiger partial charge in [0.05, 0.1) is 5.60 Å². The van der Waals surface area contributed by atoms with Crippen LogP contribution in [0.4, 0.5) is 0 Å². The maximum Gasteiger partial charge on any atom is 0.119 e. The minimum atomic E-state index is -0.508. The van der Waals surface area contributed by atoms with Gasteiger partial charge in [0.15, 0.2) is 0 Å². The highest BCUT2D eigenvalue weighted by molar-refractivity contribution is 7.80. The Morgan fingerprint density at radius 1 is 1.33 bits per heavy atom. The maximum atomic E-state index is 10.1. The van der Waals surface area contributed by atoms with Gasteiger partial charge in [0.25, 0.3) is 0 Å². The summed E-state index contributed by atoms with van der Waals surface area (Å²) in [4.78, 5) is 2.75. The molecule has 2 rings (SSSR count). The lowest BCUT2D eigenvalue weighted by Gasteiger charge is -2.22. The van der Waals surface area contributed by atoms with E-state index in [1.165, 1.54) is 0 Å². The summed E-state index contributed by atoms with van der Waals surface area (Å²) in [5.41, 5.74) is 5.91. The predicted octanol–water partition coefficient (Wildman–Crippen LogP) is 1.94. The highest BCUT2D eigenvalue weighted by Crippen LogP contribution is 2.21. The molecule has 1 aromatic rings. The van der Waals surface area contributed by atoms with Crippen LogP contribution in [0.1, 0.15) is 31.7 Å². The van der Waals surface area contributed by atoms with Gasteiger partial charge in [-0.1, -0.05) is 12.2 Å². The second-order valence-corrected chi connectivity index (χ2v) is 6.37. The zero-order chi connectivity index (χ0) is 15.3. The zero-order valence-corrected chi connectivity index (χ0v) is 13.4. The number of nitrogens with two attached hydrogens (primary N) is 1. The van der Waals surface area contributed by atoms with Crippen molar-refractivity contribution in [2.75, 3.05) is 26.2 Å². The number of nitrogens with zero attached hydrogens (tertiary/aromatic N) is 1. The molecule has 0 spiro atoms.